The summed E-state index contributed by atoms with van der Waals surface area (Å²) >= 11 is 0. The fourth-order valence-corrected chi connectivity index (χ4v) is 4.07. The zero-order valence-corrected chi connectivity index (χ0v) is 26.1. The standard InChI is InChI=1S/C16H20BFN3O5.C8H8BFO2.CH3.K/c1-3-19-15(23)7-21(9-22)6-10(2)20-16(24)11-4-13-12(14(18)5-11)8-26-17(13)25;1-5-2-7-6(8(10)3-5)4-12-9(7)11;;/h4-5,9-10,25H,1,3,6-8H2,2H3,(H,19,23)(H,20,24);2-3,11H,4H2,1H3;1H3;/q-1;;-1;+1. The van der Waals surface area contributed by atoms with Crippen molar-refractivity contribution in [3.63, 3.8) is 0 Å². The average Bonchev–Trinajstić information content (AvgIpc) is 3.42. The molecule has 10 nitrogen and oxygen atoms in total. The van der Waals surface area contributed by atoms with Crippen LogP contribution in [0.15, 0.2) is 24.3 Å². The summed E-state index contributed by atoms with van der Waals surface area (Å²) in [6.45, 7) is 7.17. The first kappa shape index (κ1) is 36.3. The topological polar surface area (TPSA) is 137 Å². The summed E-state index contributed by atoms with van der Waals surface area (Å²) in [5.41, 5.74) is 2.33. The van der Waals surface area contributed by atoms with E-state index in [-0.39, 0.29) is 120 Å². The molecule has 0 aliphatic carbocycles. The molecule has 1 unspecified atom stereocenters. The Bertz CT molecular complexity index is 1210. The van der Waals surface area contributed by atoms with E-state index in [1.165, 1.54) is 17.0 Å². The summed E-state index contributed by atoms with van der Waals surface area (Å²) in [6, 6.07) is 5.15. The Morgan fingerprint density at radius 2 is 1.65 bits per heavy atom. The van der Waals surface area contributed by atoms with Crippen LogP contribution in [-0.4, -0.2) is 73.1 Å². The third kappa shape index (κ3) is 9.43. The van der Waals surface area contributed by atoms with Gasteiger partial charge in [0.25, 0.3) is 5.91 Å². The van der Waals surface area contributed by atoms with Gasteiger partial charge in [0, 0.05) is 29.3 Å². The first-order chi connectivity index (χ1) is 18.0. The summed E-state index contributed by atoms with van der Waals surface area (Å²) in [7, 11) is -2.21. The summed E-state index contributed by atoms with van der Waals surface area (Å²) in [4.78, 5) is 36.1. The SMILES string of the molecule is Cc1cc(F)c2c(c1)B(O)OC2.[CH2-]CNC(=O)CN(C=O)CC(C)NC(=O)c1cc(F)c2c(c1)B(O)OC2.[CH3-].[K+]. The van der Waals surface area contributed by atoms with E-state index >= 15 is 0 Å². The van der Waals surface area contributed by atoms with Crippen LogP contribution < -0.4 is 72.9 Å². The minimum Gasteiger partial charge on any atom is -0.423 e. The number of nitrogens with zero attached hydrogens (tertiary/aromatic N) is 1. The van der Waals surface area contributed by atoms with Gasteiger partial charge in [0.2, 0.25) is 12.3 Å². The van der Waals surface area contributed by atoms with Crippen molar-refractivity contribution in [3.8, 4) is 0 Å². The quantitative estimate of drug-likeness (QED) is 0.143. The molecule has 1 atom stereocenters. The molecule has 0 spiro atoms. The Kier molecular flexibility index (Phi) is 15.2. The van der Waals surface area contributed by atoms with Crippen LogP contribution in [0.5, 0.6) is 0 Å². The number of fused-ring (bicyclic) bond motifs is 2. The van der Waals surface area contributed by atoms with Crippen molar-refractivity contribution < 1.29 is 93.9 Å². The third-order valence-corrected chi connectivity index (χ3v) is 5.87. The predicted molar refractivity (Wildman–Crippen MR) is 142 cm³/mol. The molecule has 2 aliphatic rings. The molecule has 2 aliphatic heterocycles. The predicted octanol–water partition coefficient (Wildman–Crippen LogP) is -3.62. The Labute approximate surface area is 275 Å². The molecule has 0 radical (unpaired) electrons. The number of carbonyl (C=O) groups excluding carboxylic acids is 3. The Balaban J connectivity index is 0.000000479. The van der Waals surface area contributed by atoms with Crippen LogP contribution in [0.1, 0.15) is 34.0 Å². The van der Waals surface area contributed by atoms with E-state index in [1.807, 2.05) is 0 Å². The molecule has 4 N–H and O–H groups in total. The van der Waals surface area contributed by atoms with Crippen molar-refractivity contribution in [2.24, 2.45) is 0 Å². The van der Waals surface area contributed by atoms with Gasteiger partial charge in [-0.1, -0.05) is 6.07 Å². The summed E-state index contributed by atoms with van der Waals surface area (Å²) in [5, 5.41) is 24.0. The van der Waals surface area contributed by atoms with E-state index in [9.17, 15) is 33.2 Å². The number of hydrogen-bond acceptors (Lipinski definition) is 7. The molecule has 3 amide bonds. The van der Waals surface area contributed by atoms with Gasteiger partial charge in [-0.2, -0.15) is 0 Å². The van der Waals surface area contributed by atoms with E-state index in [4.69, 9.17) is 9.31 Å². The molecule has 4 rings (SSSR count). The zero-order valence-electron chi connectivity index (χ0n) is 23.0. The van der Waals surface area contributed by atoms with Crippen molar-refractivity contribution in [1.29, 1.82) is 0 Å². The molecule has 2 aromatic rings. The van der Waals surface area contributed by atoms with Crippen molar-refractivity contribution >= 4 is 43.4 Å². The number of aryl methyl sites for hydroxylation is 1. The van der Waals surface area contributed by atoms with Gasteiger partial charge in [-0.05, 0) is 48.5 Å². The van der Waals surface area contributed by atoms with Gasteiger partial charge in [-0.15, -0.1) is 6.54 Å². The molecule has 2 heterocycles. The van der Waals surface area contributed by atoms with E-state index in [1.54, 1.807) is 19.9 Å². The van der Waals surface area contributed by atoms with Gasteiger partial charge in [-0.3, -0.25) is 14.4 Å². The molecule has 0 saturated carbocycles. The molecule has 40 heavy (non-hydrogen) atoms. The molecular weight excluding hydrogens is 553 g/mol. The third-order valence-electron chi connectivity index (χ3n) is 5.87. The van der Waals surface area contributed by atoms with Crippen LogP contribution in [0.25, 0.3) is 0 Å². The maximum atomic E-state index is 14.0. The van der Waals surface area contributed by atoms with Crippen LogP contribution in [0.3, 0.4) is 0 Å². The first-order valence-electron chi connectivity index (χ1n) is 11.8. The van der Waals surface area contributed by atoms with Crippen molar-refractivity contribution in [1.82, 2.24) is 15.5 Å². The molecule has 15 heteroatoms. The van der Waals surface area contributed by atoms with Gasteiger partial charge in [-0.25, -0.2) is 8.78 Å². The number of benzene rings is 2. The fourth-order valence-electron chi connectivity index (χ4n) is 4.07. The number of rotatable bonds is 8. The zero-order chi connectivity index (χ0) is 28.0. The molecule has 0 saturated heterocycles. The first-order valence-corrected chi connectivity index (χ1v) is 11.8. The minimum absolute atomic E-state index is 0. The Hall–Kier alpha value is -1.68. The Morgan fingerprint density at radius 3 is 2.20 bits per heavy atom. The van der Waals surface area contributed by atoms with E-state index in [2.05, 4.69) is 17.6 Å². The van der Waals surface area contributed by atoms with Crippen molar-refractivity contribution in [2.75, 3.05) is 19.6 Å². The van der Waals surface area contributed by atoms with Crippen molar-refractivity contribution in [3.05, 3.63) is 72.5 Å². The summed E-state index contributed by atoms with van der Waals surface area (Å²) < 4.78 is 37.0. The van der Waals surface area contributed by atoms with E-state index in [0.717, 1.165) is 11.6 Å². The molecule has 2 aromatic carbocycles. The van der Waals surface area contributed by atoms with Crippen LogP contribution in [0.2, 0.25) is 0 Å². The smallest absolute Gasteiger partial charge is 0.423 e. The Morgan fingerprint density at radius 1 is 1.10 bits per heavy atom. The largest absolute Gasteiger partial charge is 1.00 e. The van der Waals surface area contributed by atoms with Crippen molar-refractivity contribution in [2.45, 2.75) is 33.1 Å². The maximum Gasteiger partial charge on any atom is 1.00 e. The van der Waals surface area contributed by atoms with Gasteiger partial charge in [0.1, 0.15) is 11.6 Å². The summed E-state index contributed by atoms with van der Waals surface area (Å²) in [6.07, 6.45) is 0.508. The molecule has 0 fully saturated rings. The van der Waals surface area contributed by atoms with Gasteiger partial charge in [0.15, 0.2) is 0 Å². The van der Waals surface area contributed by atoms with Gasteiger partial charge >= 0.3 is 65.6 Å². The van der Waals surface area contributed by atoms with Gasteiger partial charge in [0.05, 0.1) is 19.8 Å². The average molecular weight is 584 g/mol. The fraction of sp³-hybridized carbons (Fsp3) is 0.320. The number of hydrogen-bond donors (Lipinski definition) is 4. The van der Waals surface area contributed by atoms with E-state index in [0.29, 0.717) is 17.4 Å². The van der Waals surface area contributed by atoms with E-state index < -0.39 is 32.0 Å². The van der Waals surface area contributed by atoms with Gasteiger partial charge < -0.3 is 49.2 Å². The number of amides is 3. The summed E-state index contributed by atoms with van der Waals surface area (Å²) in [5.74, 6) is -1.84. The van der Waals surface area contributed by atoms with Crippen LogP contribution in [-0.2, 0) is 32.1 Å². The molecular formula is C25H31B2F2KN3O7-. The normalized spacial score (nSPS) is 13.5. The maximum absolute atomic E-state index is 14.0. The monoisotopic (exact) mass is 584 g/mol. The molecule has 210 valence electrons. The van der Waals surface area contributed by atoms with Crippen LogP contribution in [0.4, 0.5) is 8.78 Å². The number of halogens is 2. The van der Waals surface area contributed by atoms with Crippen LogP contribution >= 0.6 is 0 Å². The molecule has 0 aromatic heterocycles. The van der Waals surface area contributed by atoms with Crippen LogP contribution in [0, 0.1) is 32.9 Å². The molecule has 0 bridgehead atoms. The minimum atomic E-state index is -1.26. The number of nitrogens with one attached hydrogen (secondary N) is 2. The number of carbonyl (C=O) groups is 3. The second kappa shape index (κ2) is 16.7. The second-order valence-corrected chi connectivity index (χ2v) is 8.93. The second-order valence-electron chi connectivity index (χ2n) is 8.93.